The van der Waals surface area contributed by atoms with Crippen LogP contribution >= 0.6 is 20.7 Å². The van der Waals surface area contributed by atoms with E-state index in [1.165, 1.54) is 58.4 Å². The summed E-state index contributed by atoms with van der Waals surface area (Å²) in [5, 5.41) is 7.14. The number of rotatable bonds is 5. The van der Waals surface area contributed by atoms with Gasteiger partial charge in [0.2, 0.25) is 5.84 Å². The number of hydrogen-bond acceptors (Lipinski definition) is 2. The van der Waals surface area contributed by atoms with Crippen LogP contribution in [-0.4, -0.2) is 22.2 Å². The van der Waals surface area contributed by atoms with Gasteiger partial charge in [0.05, 0.1) is 22.5 Å². The second kappa shape index (κ2) is 14.8. The molecular weight excluding hydrogens is 834 g/mol. The molecule has 1 spiro atoms. The molecule has 0 radical (unpaired) electrons. The van der Waals surface area contributed by atoms with Gasteiger partial charge in [-0.1, -0.05) is 154 Å². The number of benzene rings is 8. The van der Waals surface area contributed by atoms with Gasteiger partial charge in [-0.25, -0.2) is 0 Å². The number of ether oxygens (including phenoxy) is 1. The molecule has 0 fully saturated rings. The largest absolute Gasteiger partial charge is 0.457 e. The van der Waals surface area contributed by atoms with E-state index in [1.54, 1.807) is 0 Å². The lowest BCUT2D eigenvalue weighted by Crippen LogP contribution is -2.86. The highest BCUT2D eigenvalue weighted by Gasteiger charge is 2.51. The van der Waals surface area contributed by atoms with E-state index in [-0.39, 0.29) is 20.7 Å². The van der Waals surface area contributed by atoms with Crippen LogP contribution in [0.2, 0.25) is 0 Å². The molecule has 2 N–H and O–H groups in total. The zero-order valence-corrected chi connectivity index (χ0v) is 34.9. The Morgan fingerprint density at radius 3 is 2.10 bits per heavy atom. The number of allylic oxidation sites excluding steroid dienone is 1. The summed E-state index contributed by atoms with van der Waals surface area (Å²) in [6.07, 6.45) is 4.43. The van der Waals surface area contributed by atoms with Crippen LogP contribution in [0, 0.1) is 0 Å². The van der Waals surface area contributed by atoms with Crippen molar-refractivity contribution in [3.63, 3.8) is 0 Å². The van der Waals surface area contributed by atoms with Crippen LogP contribution in [0.25, 0.3) is 43.8 Å². The van der Waals surface area contributed by atoms with Crippen LogP contribution in [0.15, 0.2) is 190 Å². The summed E-state index contributed by atoms with van der Waals surface area (Å²) >= 11 is -0.218. The van der Waals surface area contributed by atoms with E-state index in [1.807, 2.05) is 0 Å². The maximum absolute atomic E-state index is 6.83. The second-order valence-electron chi connectivity index (χ2n) is 15.4. The number of hydrogen-bond donors (Lipinski definition) is 1. The van der Waals surface area contributed by atoms with Crippen LogP contribution in [0.4, 0.5) is 0 Å². The molecule has 0 saturated carbocycles. The fourth-order valence-corrected chi connectivity index (χ4v) is 11.7. The van der Waals surface area contributed by atoms with E-state index in [2.05, 4.69) is 192 Å². The molecule has 0 amide bonds. The molecule has 3 aliphatic rings. The molecule has 8 aromatic rings. The predicted octanol–water partition coefficient (Wildman–Crippen LogP) is 12.1. The van der Waals surface area contributed by atoms with Crippen LogP contribution < -0.4 is 10.1 Å². The van der Waals surface area contributed by atoms with Crippen molar-refractivity contribution in [1.82, 2.24) is 0 Å². The molecule has 11 rings (SSSR count). The number of quaternary nitrogens is 1. The zero-order valence-electron chi connectivity index (χ0n) is 32.7. The van der Waals surface area contributed by atoms with E-state index in [0.29, 0.717) is 6.54 Å². The molecule has 1 unspecified atom stereocenters. The smallest absolute Gasteiger partial charge is 0.235 e. The number of fused-ring (bicyclic) bond motifs is 11. The molecule has 2 heterocycles. The van der Waals surface area contributed by atoms with Crippen molar-refractivity contribution >= 4 is 57.5 Å². The third-order valence-electron chi connectivity index (χ3n) is 12.1. The fraction of sp³-hybridized carbons (Fsp3) is 0.0926. The summed E-state index contributed by atoms with van der Waals surface area (Å²) in [5.41, 5.74) is 11.3. The first-order valence-electron chi connectivity index (χ1n) is 20.4. The van der Waals surface area contributed by atoms with E-state index in [9.17, 15) is 0 Å². The highest BCUT2D eigenvalue weighted by molar-refractivity contribution is 14.2. The van der Waals surface area contributed by atoms with Gasteiger partial charge >= 0.3 is 0 Å². The quantitative estimate of drug-likeness (QED) is 0.105. The molecule has 284 valence electrons. The SMILES string of the molecule is C[NH2+]C(=NC(=NCc1ccc(-c2ccc3ccccc3c2)cc1)c1ccc2c(c1)C1(c3ccccc3O2)c2ccccc2-c2cc3ccccc3cc21)C1=IC=CCC1. The summed E-state index contributed by atoms with van der Waals surface area (Å²) in [6, 6.07) is 61.7. The molecular formula is C54H41IN3O+. The Hall–Kier alpha value is -6.28. The maximum atomic E-state index is 6.83. The van der Waals surface area contributed by atoms with Crippen LogP contribution in [0.3, 0.4) is 0 Å². The van der Waals surface area contributed by atoms with Gasteiger partial charge < -0.3 is 4.74 Å². The minimum atomic E-state index is -0.600. The van der Waals surface area contributed by atoms with Gasteiger partial charge in [0.1, 0.15) is 11.5 Å². The molecule has 0 bridgehead atoms. The van der Waals surface area contributed by atoms with Crippen molar-refractivity contribution in [1.29, 1.82) is 0 Å². The van der Waals surface area contributed by atoms with E-state index < -0.39 is 5.41 Å². The molecule has 4 nitrogen and oxygen atoms in total. The van der Waals surface area contributed by atoms with E-state index >= 15 is 0 Å². The third kappa shape index (κ3) is 6.10. The van der Waals surface area contributed by atoms with Gasteiger partial charge in [-0.05, 0) is 120 Å². The lowest BCUT2D eigenvalue weighted by Gasteiger charge is -2.39. The van der Waals surface area contributed by atoms with Crippen molar-refractivity contribution in [2.45, 2.75) is 24.8 Å². The first-order valence-corrected chi connectivity index (χ1v) is 22.7. The normalized spacial score (nSPS) is 16.8. The highest BCUT2D eigenvalue weighted by atomic mass is 127. The van der Waals surface area contributed by atoms with E-state index in [0.717, 1.165) is 58.3 Å². The van der Waals surface area contributed by atoms with Gasteiger partial charge in [0.15, 0.2) is 5.84 Å². The van der Waals surface area contributed by atoms with Crippen LogP contribution in [0.1, 0.15) is 46.2 Å². The van der Waals surface area contributed by atoms with Gasteiger partial charge in [0.25, 0.3) is 0 Å². The first kappa shape index (κ1) is 35.8. The summed E-state index contributed by atoms with van der Waals surface area (Å²) in [5.74, 6) is 3.54. The van der Waals surface area contributed by atoms with Crippen molar-refractivity contribution in [2.75, 3.05) is 7.05 Å². The van der Waals surface area contributed by atoms with Crippen molar-refractivity contribution < 1.29 is 10.1 Å². The van der Waals surface area contributed by atoms with E-state index in [4.69, 9.17) is 14.7 Å². The van der Waals surface area contributed by atoms with Crippen molar-refractivity contribution in [3.8, 4) is 33.8 Å². The predicted molar refractivity (Wildman–Crippen MR) is 254 cm³/mol. The number of aliphatic imine (C=N–C) groups is 2. The average Bonchev–Trinajstić information content (AvgIpc) is 3.58. The lowest BCUT2D eigenvalue weighted by atomic mass is 9.65. The standard InChI is InChI=1S/C54H40IN3O/c1-56-53(49-19-10-11-29-55-49)58-52(57-34-35-21-23-37(24-22-35)41-26-25-36-12-2-3-13-38(36)30-41)42-27-28-51-48(33-42)54(46-18-8-9-20-50(46)59-51)45-17-7-6-16-43(45)44-31-39-14-4-5-15-40(39)32-47(44)54/h2-9,11-18,20-33H,10,19,34H2,1H3,(H,56,57,58)/p+1. The molecule has 1 aliphatic carbocycles. The topological polar surface area (TPSA) is 50.6 Å². The first-order chi connectivity index (χ1) is 29.2. The molecule has 0 aromatic heterocycles. The summed E-state index contributed by atoms with van der Waals surface area (Å²) in [7, 11) is 2.11. The zero-order chi connectivity index (χ0) is 39.3. The van der Waals surface area contributed by atoms with Gasteiger partial charge in [-0.3, -0.25) is 10.3 Å². The molecule has 5 heteroatoms. The number of para-hydroxylation sites is 1. The average molecular weight is 875 g/mol. The highest BCUT2D eigenvalue weighted by Crippen LogP contribution is 2.62. The second-order valence-corrected chi connectivity index (χ2v) is 18.1. The van der Waals surface area contributed by atoms with Crippen molar-refractivity contribution in [2.24, 2.45) is 9.98 Å². The summed E-state index contributed by atoms with van der Waals surface area (Å²) in [6.45, 7) is 0.511. The molecule has 0 saturated heterocycles. The number of nitrogens with zero attached hydrogens (tertiary/aromatic N) is 2. The Bertz CT molecular complexity index is 3100. The number of amidine groups is 2. The Morgan fingerprint density at radius 2 is 1.31 bits per heavy atom. The van der Waals surface area contributed by atoms with Gasteiger partial charge in [-0.15, -0.1) is 0 Å². The number of nitrogens with two attached hydrogens (primary N) is 1. The number of halogens is 1. The van der Waals surface area contributed by atoms with Gasteiger partial charge in [-0.2, -0.15) is 4.99 Å². The summed E-state index contributed by atoms with van der Waals surface area (Å²) < 4.78 is 10.7. The Kier molecular flexibility index (Phi) is 9.01. The molecule has 2 aliphatic heterocycles. The van der Waals surface area contributed by atoms with Gasteiger partial charge in [0, 0.05) is 16.7 Å². The minimum Gasteiger partial charge on any atom is -0.457 e. The summed E-state index contributed by atoms with van der Waals surface area (Å²) in [4.78, 5) is 10.8. The fourth-order valence-electron chi connectivity index (χ4n) is 9.28. The molecule has 8 aromatic carbocycles. The third-order valence-corrected chi connectivity index (χ3v) is 14.8. The molecule has 59 heavy (non-hydrogen) atoms. The minimum absolute atomic E-state index is 0.218. The molecule has 1 atom stereocenters. The lowest BCUT2D eigenvalue weighted by molar-refractivity contribution is -0.502. The Balaban J connectivity index is 1.07. The maximum Gasteiger partial charge on any atom is 0.235 e. The van der Waals surface area contributed by atoms with Crippen LogP contribution in [0.5, 0.6) is 11.5 Å². The Morgan fingerprint density at radius 1 is 0.610 bits per heavy atom. The Labute approximate surface area is 354 Å². The van der Waals surface area contributed by atoms with Crippen LogP contribution in [-0.2, 0) is 12.0 Å². The monoisotopic (exact) mass is 874 g/mol. The van der Waals surface area contributed by atoms with Crippen molar-refractivity contribution in [3.05, 3.63) is 213 Å².